The zero-order chi connectivity index (χ0) is 13.9. The number of aryl methyl sites for hydroxylation is 1. The summed E-state index contributed by atoms with van der Waals surface area (Å²) in [5.41, 5.74) is 3.15. The fourth-order valence-corrected chi connectivity index (χ4v) is 1.98. The number of carbonyl (C=O) groups excluding carboxylic acids is 2. The molecule has 0 atom stereocenters. The van der Waals surface area contributed by atoms with Crippen molar-refractivity contribution in [3.8, 4) is 5.75 Å². The van der Waals surface area contributed by atoms with Gasteiger partial charge in [0.15, 0.2) is 5.78 Å². The van der Waals surface area contributed by atoms with Crippen molar-refractivity contribution in [2.24, 2.45) is 0 Å². The van der Waals surface area contributed by atoms with Gasteiger partial charge in [0.1, 0.15) is 12.2 Å². The van der Waals surface area contributed by atoms with Crippen LogP contribution in [0.3, 0.4) is 0 Å². The first kappa shape index (κ1) is 14.2. The van der Waals surface area contributed by atoms with E-state index in [0.717, 1.165) is 22.4 Å². The summed E-state index contributed by atoms with van der Waals surface area (Å²) in [7, 11) is 2.87. The van der Waals surface area contributed by atoms with Gasteiger partial charge in [0.2, 0.25) is 0 Å². The highest BCUT2D eigenvalue weighted by Crippen LogP contribution is 2.28. The SMILES string of the molecule is COC(=O)CC(=O)c1c(C)cc(OC)c(C)c1C. The molecule has 0 spiro atoms. The summed E-state index contributed by atoms with van der Waals surface area (Å²) in [6.45, 7) is 5.58. The van der Waals surface area contributed by atoms with Crippen molar-refractivity contribution in [1.29, 1.82) is 0 Å². The van der Waals surface area contributed by atoms with E-state index in [9.17, 15) is 9.59 Å². The van der Waals surface area contributed by atoms with Gasteiger partial charge in [-0.3, -0.25) is 9.59 Å². The molecule has 0 aliphatic carbocycles. The number of hydrogen-bond donors (Lipinski definition) is 0. The van der Waals surface area contributed by atoms with E-state index in [1.165, 1.54) is 7.11 Å². The van der Waals surface area contributed by atoms with Crippen molar-refractivity contribution in [2.75, 3.05) is 14.2 Å². The summed E-state index contributed by atoms with van der Waals surface area (Å²) in [4.78, 5) is 23.2. The molecular formula is C14H18O4. The van der Waals surface area contributed by atoms with Gasteiger partial charge in [-0.05, 0) is 43.5 Å². The number of Topliss-reactive ketones (excluding diaryl/α,β-unsaturated/α-hetero) is 1. The third-order valence-electron chi connectivity index (χ3n) is 3.08. The molecular weight excluding hydrogens is 232 g/mol. The van der Waals surface area contributed by atoms with Gasteiger partial charge in [0, 0.05) is 5.56 Å². The van der Waals surface area contributed by atoms with E-state index in [0.29, 0.717) is 5.56 Å². The molecule has 98 valence electrons. The van der Waals surface area contributed by atoms with Crippen molar-refractivity contribution in [2.45, 2.75) is 27.2 Å². The molecule has 0 amide bonds. The lowest BCUT2D eigenvalue weighted by Gasteiger charge is -2.14. The quantitative estimate of drug-likeness (QED) is 0.467. The van der Waals surface area contributed by atoms with E-state index in [1.807, 2.05) is 26.8 Å². The van der Waals surface area contributed by atoms with Crippen LogP contribution in [0.25, 0.3) is 0 Å². The lowest BCUT2D eigenvalue weighted by molar-refractivity contribution is -0.139. The fourth-order valence-electron chi connectivity index (χ4n) is 1.98. The number of esters is 1. The Balaban J connectivity index is 3.21. The second-order valence-corrected chi connectivity index (χ2v) is 4.20. The highest BCUT2D eigenvalue weighted by molar-refractivity contribution is 6.07. The van der Waals surface area contributed by atoms with Crippen LogP contribution >= 0.6 is 0 Å². The first-order chi connectivity index (χ1) is 8.42. The Hall–Kier alpha value is -1.84. The van der Waals surface area contributed by atoms with Gasteiger partial charge in [0.25, 0.3) is 0 Å². The Morgan fingerprint density at radius 2 is 1.72 bits per heavy atom. The van der Waals surface area contributed by atoms with Gasteiger partial charge in [0.05, 0.1) is 14.2 Å². The molecule has 4 heteroatoms. The molecule has 0 heterocycles. The second-order valence-electron chi connectivity index (χ2n) is 4.20. The van der Waals surface area contributed by atoms with Gasteiger partial charge < -0.3 is 9.47 Å². The molecule has 0 bridgehead atoms. The second kappa shape index (κ2) is 5.67. The Morgan fingerprint density at radius 3 is 2.22 bits per heavy atom. The van der Waals surface area contributed by atoms with Crippen LogP contribution in [0.2, 0.25) is 0 Å². The molecule has 0 fully saturated rings. The zero-order valence-electron chi connectivity index (χ0n) is 11.4. The number of methoxy groups -OCH3 is 2. The van der Waals surface area contributed by atoms with Crippen molar-refractivity contribution in [3.05, 3.63) is 28.3 Å². The highest BCUT2D eigenvalue weighted by atomic mass is 16.5. The molecule has 0 N–H and O–H groups in total. The van der Waals surface area contributed by atoms with Gasteiger partial charge in [-0.15, -0.1) is 0 Å². The van der Waals surface area contributed by atoms with Crippen molar-refractivity contribution >= 4 is 11.8 Å². The number of carbonyl (C=O) groups is 2. The lowest BCUT2D eigenvalue weighted by atomic mass is 9.93. The van der Waals surface area contributed by atoms with Crippen LogP contribution in [0.1, 0.15) is 33.5 Å². The lowest BCUT2D eigenvalue weighted by Crippen LogP contribution is -2.13. The van der Waals surface area contributed by atoms with Crippen LogP contribution < -0.4 is 4.74 Å². The molecule has 0 saturated heterocycles. The van der Waals surface area contributed by atoms with Crippen LogP contribution in [0, 0.1) is 20.8 Å². The number of hydrogen-bond acceptors (Lipinski definition) is 4. The molecule has 1 rings (SSSR count). The van der Waals surface area contributed by atoms with Gasteiger partial charge >= 0.3 is 5.97 Å². The van der Waals surface area contributed by atoms with Crippen LogP contribution in [-0.2, 0) is 9.53 Å². The number of rotatable bonds is 4. The van der Waals surface area contributed by atoms with Crippen molar-refractivity contribution < 1.29 is 19.1 Å². The molecule has 0 unspecified atom stereocenters. The standard InChI is InChI=1S/C14H18O4/c1-8-6-12(17-4)9(2)10(3)14(8)11(15)7-13(16)18-5/h6H,7H2,1-5H3. The highest BCUT2D eigenvalue weighted by Gasteiger charge is 2.19. The number of ketones is 1. The van der Waals surface area contributed by atoms with Gasteiger partial charge in [-0.2, -0.15) is 0 Å². The maximum atomic E-state index is 12.1. The van der Waals surface area contributed by atoms with E-state index >= 15 is 0 Å². The van der Waals surface area contributed by atoms with E-state index in [4.69, 9.17) is 4.74 Å². The average Bonchev–Trinajstić information content (AvgIpc) is 2.33. The minimum Gasteiger partial charge on any atom is -0.496 e. The monoisotopic (exact) mass is 250 g/mol. The van der Waals surface area contributed by atoms with E-state index in [2.05, 4.69) is 4.74 Å². The maximum Gasteiger partial charge on any atom is 0.313 e. The minimum atomic E-state index is -0.521. The first-order valence-corrected chi connectivity index (χ1v) is 5.67. The van der Waals surface area contributed by atoms with Crippen molar-refractivity contribution in [3.63, 3.8) is 0 Å². The first-order valence-electron chi connectivity index (χ1n) is 5.67. The predicted molar refractivity (Wildman–Crippen MR) is 68.2 cm³/mol. The molecule has 1 aromatic rings. The average molecular weight is 250 g/mol. The Labute approximate surface area is 107 Å². The molecule has 4 nitrogen and oxygen atoms in total. The maximum absolute atomic E-state index is 12.1. The number of ether oxygens (including phenoxy) is 2. The molecule has 0 radical (unpaired) electrons. The van der Waals surface area contributed by atoms with Crippen LogP contribution in [-0.4, -0.2) is 26.0 Å². The summed E-state index contributed by atoms with van der Waals surface area (Å²) in [5.74, 6) is 0.00879. The Bertz CT molecular complexity index is 489. The predicted octanol–water partition coefficient (Wildman–Crippen LogP) is 2.37. The summed E-state index contributed by atoms with van der Waals surface area (Å²) in [6.07, 6.45) is -0.232. The number of benzene rings is 1. The molecule has 0 aromatic heterocycles. The minimum absolute atomic E-state index is 0.220. The summed E-state index contributed by atoms with van der Waals surface area (Å²) >= 11 is 0. The van der Waals surface area contributed by atoms with Gasteiger partial charge in [-0.1, -0.05) is 0 Å². The summed E-state index contributed by atoms with van der Waals surface area (Å²) < 4.78 is 9.75. The van der Waals surface area contributed by atoms with E-state index in [1.54, 1.807) is 7.11 Å². The van der Waals surface area contributed by atoms with Crippen LogP contribution in [0.5, 0.6) is 5.75 Å². The van der Waals surface area contributed by atoms with Gasteiger partial charge in [-0.25, -0.2) is 0 Å². The molecule has 0 aliphatic rings. The van der Waals surface area contributed by atoms with Crippen molar-refractivity contribution in [1.82, 2.24) is 0 Å². The summed E-state index contributed by atoms with van der Waals surface area (Å²) in [6, 6.07) is 1.81. The fraction of sp³-hybridized carbons (Fsp3) is 0.429. The third-order valence-corrected chi connectivity index (χ3v) is 3.08. The normalized spacial score (nSPS) is 10.1. The van der Waals surface area contributed by atoms with Crippen LogP contribution in [0.15, 0.2) is 6.07 Å². The Morgan fingerprint density at radius 1 is 1.11 bits per heavy atom. The van der Waals surface area contributed by atoms with E-state index in [-0.39, 0.29) is 12.2 Å². The van der Waals surface area contributed by atoms with Crippen LogP contribution in [0.4, 0.5) is 0 Å². The molecule has 1 aromatic carbocycles. The zero-order valence-corrected chi connectivity index (χ0v) is 11.4. The Kier molecular flexibility index (Phi) is 4.48. The van der Waals surface area contributed by atoms with E-state index < -0.39 is 5.97 Å². The topological polar surface area (TPSA) is 52.6 Å². The third kappa shape index (κ3) is 2.70. The molecule has 0 saturated carbocycles. The molecule has 18 heavy (non-hydrogen) atoms. The smallest absolute Gasteiger partial charge is 0.313 e. The largest absolute Gasteiger partial charge is 0.496 e. The molecule has 0 aliphatic heterocycles. The summed E-state index contributed by atoms with van der Waals surface area (Å²) in [5, 5.41) is 0.